The van der Waals surface area contributed by atoms with Gasteiger partial charge in [-0.2, -0.15) is 0 Å². The third-order valence-electron chi connectivity index (χ3n) is 2.30. The zero-order valence-electron chi connectivity index (χ0n) is 8.64. The number of hydrogen-bond acceptors (Lipinski definition) is 2. The van der Waals surface area contributed by atoms with Gasteiger partial charge in [0.05, 0.1) is 0 Å². The van der Waals surface area contributed by atoms with E-state index >= 15 is 0 Å². The number of nitrogens with one attached hydrogen (secondary N) is 1. The summed E-state index contributed by atoms with van der Waals surface area (Å²) in [4.78, 5) is 0. The largest absolute Gasteiger partial charge is 0.271 e. The average molecular weight is 230 g/mol. The summed E-state index contributed by atoms with van der Waals surface area (Å²) in [7, 11) is 0. The number of halogens is 3. The zero-order chi connectivity index (χ0) is 12.1. The van der Waals surface area contributed by atoms with Crippen molar-refractivity contribution in [1.29, 1.82) is 0 Å². The van der Waals surface area contributed by atoms with Crippen LogP contribution in [0.2, 0.25) is 0 Å². The van der Waals surface area contributed by atoms with E-state index in [1.54, 1.807) is 6.08 Å². The summed E-state index contributed by atoms with van der Waals surface area (Å²) in [6, 6.07) is 1.50. The van der Waals surface area contributed by atoms with Crippen molar-refractivity contribution in [3.63, 3.8) is 0 Å². The highest BCUT2D eigenvalue weighted by molar-refractivity contribution is 5.23. The number of hydrogen-bond donors (Lipinski definition) is 2. The standard InChI is InChI=1S/C11H13F3N2/c1-2-3-4-9(16-15)7-5-6-8(12)11(14)10(7)13/h2,5-6,9,16H,1,3-4,15H2. The van der Waals surface area contributed by atoms with Crippen LogP contribution in [0.3, 0.4) is 0 Å². The van der Waals surface area contributed by atoms with E-state index in [0.717, 1.165) is 6.07 Å². The fourth-order valence-electron chi connectivity index (χ4n) is 1.42. The van der Waals surface area contributed by atoms with Crippen molar-refractivity contribution in [2.45, 2.75) is 18.9 Å². The van der Waals surface area contributed by atoms with Crippen molar-refractivity contribution in [3.8, 4) is 0 Å². The van der Waals surface area contributed by atoms with Gasteiger partial charge in [0.2, 0.25) is 0 Å². The van der Waals surface area contributed by atoms with Gasteiger partial charge in [0.25, 0.3) is 0 Å². The van der Waals surface area contributed by atoms with Crippen LogP contribution >= 0.6 is 0 Å². The first-order valence-electron chi connectivity index (χ1n) is 4.82. The molecule has 16 heavy (non-hydrogen) atoms. The molecule has 1 rings (SSSR count). The molecule has 5 heteroatoms. The molecule has 1 aromatic carbocycles. The Hall–Kier alpha value is -1.33. The summed E-state index contributed by atoms with van der Waals surface area (Å²) in [5, 5.41) is 0. The van der Waals surface area contributed by atoms with Crippen molar-refractivity contribution >= 4 is 0 Å². The van der Waals surface area contributed by atoms with Crippen LogP contribution in [-0.4, -0.2) is 0 Å². The van der Waals surface area contributed by atoms with Crippen LogP contribution in [-0.2, 0) is 0 Å². The Morgan fingerprint density at radius 2 is 2.00 bits per heavy atom. The predicted octanol–water partition coefficient (Wildman–Crippen LogP) is 2.57. The van der Waals surface area contributed by atoms with E-state index < -0.39 is 23.5 Å². The molecule has 0 fully saturated rings. The molecule has 0 saturated heterocycles. The molecule has 0 radical (unpaired) electrons. The van der Waals surface area contributed by atoms with Gasteiger partial charge in [-0.05, 0) is 18.9 Å². The zero-order valence-corrected chi connectivity index (χ0v) is 8.64. The van der Waals surface area contributed by atoms with Gasteiger partial charge in [0, 0.05) is 11.6 Å². The fourth-order valence-corrected chi connectivity index (χ4v) is 1.42. The third-order valence-corrected chi connectivity index (χ3v) is 2.30. The van der Waals surface area contributed by atoms with Crippen molar-refractivity contribution in [2.75, 3.05) is 0 Å². The molecule has 1 aromatic rings. The van der Waals surface area contributed by atoms with Gasteiger partial charge >= 0.3 is 0 Å². The van der Waals surface area contributed by atoms with Crippen LogP contribution in [0, 0.1) is 17.5 Å². The minimum absolute atomic E-state index is 0.0169. The molecule has 88 valence electrons. The van der Waals surface area contributed by atoms with Crippen molar-refractivity contribution in [3.05, 3.63) is 47.8 Å². The summed E-state index contributed by atoms with van der Waals surface area (Å²) >= 11 is 0. The highest BCUT2D eigenvalue weighted by Gasteiger charge is 2.19. The highest BCUT2D eigenvalue weighted by atomic mass is 19.2. The van der Waals surface area contributed by atoms with Crippen LogP contribution in [0.4, 0.5) is 13.2 Å². The Kier molecular flexibility index (Phi) is 4.52. The second-order valence-corrected chi connectivity index (χ2v) is 3.35. The molecule has 0 bridgehead atoms. The lowest BCUT2D eigenvalue weighted by atomic mass is 10.0. The molecule has 0 aliphatic rings. The lowest BCUT2D eigenvalue weighted by molar-refractivity contribution is 0.420. The third kappa shape index (κ3) is 2.62. The Morgan fingerprint density at radius 3 is 2.56 bits per heavy atom. The summed E-state index contributed by atoms with van der Waals surface area (Å²) < 4.78 is 39.1. The molecule has 0 aliphatic heterocycles. The minimum Gasteiger partial charge on any atom is -0.271 e. The minimum atomic E-state index is -1.48. The van der Waals surface area contributed by atoms with Gasteiger partial charge in [-0.3, -0.25) is 11.3 Å². The van der Waals surface area contributed by atoms with Crippen molar-refractivity contribution in [2.24, 2.45) is 5.84 Å². The lowest BCUT2D eigenvalue weighted by Crippen LogP contribution is -2.29. The van der Waals surface area contributed by atoms with Crippen LogP contribution in [0.5, 0.6) is 0 Å². The number of nitrogens with two attached hydrogens (primary N) is 1. The maximum absolute atomic E-state index is 13.4. The van der Waals surface area contributed by atoms with Crippen LogP contribution in [0.1, 0.15) is 24.4 Å². The molecule has 3 N–H and O–H groups in total. The van der Waals surface area contributed by atoms with Crippen molar-refractivity contribution < 1.29 is 13.2 Å². The Balaban J connectivity index is 3.01. The number of allylic oxidation sites excluding steroid dienone is 1. The Bertz CT molecular complexity index is 380. The smallest absolute Gasteiger partial charge is 0.194 e. The average Bonchev–Trinajstić information content (AvgIpc) is 2.29. The monoisotopic (exact) mass is 230 g/mol. The van der Waals surface area contributed by atoms with Crippen LogP contribution in [0.25, 0.3) is 0 Å². The molecule has 1 unspecified atom stereocenters. The molecular weight excluding hydrogens is 217 g/mol. The second kappa shape index (κ2) is 5.67. The van der Waals surface area contributed by atoms with E-state index in [2.05, 4.69) is 12.0 Å². The summed E-state index contributed by atoms with van der Waals surface area (Å²) in [5.74, 6) is 1.35. The maximum Gasteiger partial charge on any atom is 0.194 e. The number of rotatable bonds is 5. The van der Waals surface area contributed by atoms with E-state index in [9.17, 15) is 13.2 Å². The van der Waals surface area contributed by atoms with Gasteiger partial charge in [-0.15, -0.1) is 6.58 Å². The van der Waals surface area contributed by atoms with E-state index in [1.165, 1.54) is 6.07 Å². The van der Waals surface area contributed by atoms with Crippen molar-refractivity contribution in [1.82, 2.24) is 5.43 Å². The molecule has 0 spiro atoms. The first-order chi connectivity index (χ1) is 7.61. The summed E-state index contributed by atoms with van der Waals surface area (Å²) in [6.07, 6.45) is 2.69. The van der Waals surface area contributed by atoms with Gasteiger partial charge in [0.1, 0.15) is 0 Å². The molecule has 0 heterocycles. The van der Waals surface area contributed by atoms with Gasteiger partial charge in [-0.25, -0.2) is 13.2 Å². The predicted molar refractivity (Wildman–Crippen MR) is 55.8 cm³/mol. The number of benzene rings is 1. The Morgan fingerprint density at radius 1 is 1.31 bits per heavy atom. The molecule has 0 aromatic heterocycles. The summed E-state index contributed by atoms with van der Waals surface area (Å²) in [5.41, 5.74) is 2.38. The maximum atomic E-state index is 13.4. The highest BCUT2D eigenvalue weighted by Crippen LogP contribution is 2.24. The van der Waals surface area contributed by atoms with Gasteiger partial charge in [0.15, 0.2) is 17.5 Å². The molecule has 0 saturated carbocycles. The first-order valence-corrected chi connectivity index (χ1v) is 4.82. The molecule has 0 aliphatic carbocycles. The quantitative estimate of drug-likeness (QED) is 0.353. The summed E-state index contributed by atoms with van der Waals surface area (Å²) in [6.45, 7) is 3.52. The van der Waals surface area contributed by atoms with E-state index in [1.807, 2.05) is 0 Å². The molecule has 0 amide bonds. The molecule has 2 nitrogen and oxygen atoms in total. The molecular formula is C11H13F3N2. The normalized spacial score (nSPS) is 12.5. The SMILES string of the molecule is C=CCCC(NN)c1ccc(F)c(F)c1F. The van der Waals surface area contributed by atoms with E-state index in [-0.39, 0.29) is 5.56 Å². The Labute approximate surface area is 91.9 Å². The van der Waals surface area contributed by atoms with E-state index in [0.29, 0.717) is 12.8 Å². The lowest BCUT2D eigenvalue weighted by Gasteiger charge is -2.16. The fraction of sp³-hybridized carbons (Fsp3) is 0.273. The first kappa shape index (κ1) is 12.7. The van der Waals surface area contributed by atoms with Crippen LogP contribution < -0.4 is 11.3 Å². The number of hydrazine groups is 1. The van der Waals surface area contributed by atoms with Gasteiger partial charge < -0.3 is 0 Å². The topological polar surface area (TPSA) is 38.0 Å². The van der Waals surface area contributed by atoms with Gasteiger partial charge in [-0.1, -0.05) is 12.1 Å². The second-order valence-electron chi connectivity index (χ2n) is 3.35. The molecule has 1 atom stereocenters. The van der Waals surface area contributed by atoms with E-state index in [4.69, 9.17) is 5.84 Å². The van der Waals surface area contributed by atoms with Crippen LogP contribution in [0.15, 0.2) is 24.8 Å².